The molecule has 0 saturated carbocycles. The Morgan fingerprint density at radius 2 is 1.62 bits per heavy atom. The number of aromatic nitrogens is 2. The second-order valence-corrected chi connectivity index (χ2v) is 9.28. The third kappa shape index (κ3) is 5.94. The van der Waals surface area contributed by atoms with Crippen LogP contribution in [0.5, 0.6) is 17.2 Å². The van der Waals surface area contributed by atoms with Crippen LogP contribution in [-0.4, -0.2) is 43.2 Å². The van der Waals surface area contributed by atoms with Crippen LogP contribution in [-0.2, 0) is 17.9 Å². The number of urea groups is 1. The van der Waals surface area contributed by atoms with Gasteiger partial charge >= 0.3 is 6.03 Å². The lowest BCUT2D eigenvalue weighted by atomic mass is 10.1. The Morgan fingerprint density at radius 3 is 2.26 bits per heavy atom. The fraction of sp³-hybridized carbons (Fsp3) is 0.161. The van der Waals surface area contributed by atoms with Crippen molar-refractivity contribution in [3.63, 3.8) is 0 Å². The molecule has 0 atom stereocenters. The first-order valence-electron chi connectivity index (χ1n) is 13.0. The van der Waals surface area contributed by atoms with E-state index in [-0.39, 0.29) is 31.0 Å². The van der Waals surface area contributed by atoms with Crippen LogP contribution in [0.15, 0.2) is 85.6 Å². The van der Waals surface area contributed by atoms with Crippen LogP contribution in [0.25, 0.3) is 0 Å². The zero-order valence-corrected chi connectivity index (χ0v) is 23.5. The lowest BCUT2D eigenvalue weighted by molar-refractivity contribution is -0.111. The highest BCUT2D eigenvalue weighted by Crippen LogP contribution is 2.36. The maximum Gasteiger partial charge on any atom is 0.330 e. The molecule has 0 aliphatic carbocycles. The van der Waals surface area contributed by atoms with E-state index >= 15 is 0 Å². The second kappa shape index (κ2) is 12.3. The SMILES string of the molecule is C=CC(=O)Nc1ccccc1Nc1ncc2c(n1)N(Cc1ccc(OC)cc1)C(=O)N(c1cc(OC)cc(OC)c1)C2. The van der Waals surface area contributed by atoms with Crippen LogP contribution >= 0.6 is 0 Å². The minimum absolute atomic E-state index is 0.232. The maximum absolute atomic E-state index is 14.1. The Morgan fingerprint density at radius 1 is 0.952 bits per heavy atom. The van der Waals surface area contributed by atoms with E-state index in [0.29, 0.717) is 40.1 Å². The molecule has 0 fully saturated rings. The number of hydrogen-bond acceptors (Lipinski definition) is 8. The van der Waals surface area contributed by atoms with E-state index in [2.05, 4.69) is 22.2 Å². The summed E-state index contributed by atoms with van der Waals surface area (Å²) in [5, 5.41) is 5.93. The lowest BCUT2D eigenvalue weighted by Gasteiger charge is -2.36. The van der Waals surface area contributed by atoms with Gasteiger partial charge in [-0.1, -0.05) is 30.8 Å². The summed E-state index contributed by atoms with van der Waals surface area (Å²) in [6, 6.07) is 19.7. The summed E-state index contributed by atoms with van der Waals surface area (Å²) in [7, 11) is 4.72. The molecule has 11 nitrogen and oxygen atoms in total. The van der Waals surface area contributed by atoms with Gasteiger partial charge in [0, 0.05) is 30.0 Å². The fourth-order valence-corrected chi connectivity index (χ4v) is 4.49. The third-order valence-electron chi connectivity index (χ3n) is 6.65. The number of rotatable bonds is 10. The van der Waals surface area contributed by atoms with Gasteiger partial charge in [0.05, 0.1) is 51.5 Å². The molecule has 214 valence electrons. The van der Waals surface area contributed by atoms with E-state index in [0.717, 1.165) is 11.1 Å². The molecule has 1 aromatic heterocycles. The van der Waals surface area contributed by atoms with Crippen molar-refractivity contribution in [3.8, 4) is 17.2 Å². The molecule has 3 amide bonds. The molecule has 11 heteroatoms. The summed E-state index contributed by atoms with van der Waals surface area (Å²) in [6.07, 6.45) is 2.88. The standard InChI is InChI=1S/C31H30N6O5/c1-5-28(38)33-26-8-6-7-9-27(26)34-30-32-17-21-19-36(22-14-24(41-3)16-25(15-22)42-4)31(39)37(29(21)35-30)18-20-10-12-23(40-2)13-11-20/h5-17H,1,18-19H2,2-4H3,(H,33,38)(H,32,34,35). The van der Waals surface area contributed by atoms with Crippen LogP contribution < -0.4 is 34.6 Å². The van der Waals surface area contributed by atoms with E-state index in [4.69, 9.17) is 19.2 Å². The first kappa shape index (κ1) is 28.0. The summed E-state index contributed by atoms with van der Waals surface area (Å²) in [4.78, 5) is 38.6. The Bertz CT molecular complexity index is 1600. The first-order chi connectivity index (χ1) is 20.4. The number of anilines is 5. The van der Waals surface area contributed by atoms with Gasteiger partial charge in [-0.15, -0.1) is 0 Å². The number of para-hydroxylation sites is 2. The van der Waals surface area contributed by atoms with Crippen molar-refractivity contribution in [2.45, 2.75) is 13.1 Å². The monoisotopic (exact) mass is 566 g/mol. The van der Waals surface area contributed by atoms with Crippen LogP contribution in [0, 0.1) is 0 Å². The van der Waals surface area contributed by atoms with Crippen LogP contribution in [0.2, 0.25) is 0 Å². The van der Waals surface area contributed by atoms with Gasteiger partial charge in [-0.25, -0.2) is 9.78 Å². The van der Waals surface area contributed by atoms with Gasteiger partial charge in [0.2, 0.25) is 11.9 Å². The molecule has 0 unspecified atom stereocenters. The average molecular weight is 567 g/mol. The molecule has 42 heavy (non-hydrogen) atoms. The van der Waals surface area contributed by atoms with Gasteiger partial charge in [0.1, 0.15) is 23.1 Å². The number of methoxy groups -OCH3 is 3. The molecule has 4 aromatic rings. The fourth-order valence-electron chi connectivity index (χ4n) is 4.49. The van der Waals surface area contributed by atoms with Gasteiger partial charge in [-0.2, -0.15) is 4.98 Å². The van der Waals surface area contributed by atoms with Crippen molar-refractivity contribution in [2.75, 3.05) is 41.8 Å². The largest absolute Gasteiger partial charge is 0.497 e. The van der Waals surface area contributed by atoms with Crippen molar-refractivity contribution in [1.82, 2.24) is 9.97 Å². The maximum atomic E-state index is 14.1. The lowest BCUT2D eigenvalue weighted by Crippen LogP contribution is -2.47. The van der Waals surface area contributed by atoms with Crippen LogP contribution in [0.1, 0.15) is 11.1 Å². The quantitative estimate of drug-likeness (QED) is 0.241. The number of carbonyl (C=O) groups is 2. The molecular weight excluding hydrogens is 536 g/mol. The molecule has 2 heterocycles. The number of hydrogen-bond donors (Lipinski definition) is 2. The van der Waals surface area contributed by atoms with Gasteiger partial charge in [-0.3, -0.25) is 14.6 Å². The second-order valence-electron chi connectivity index (χ2n) is 9.28. The summed E-state index contributed by atoms with van der Waals surface area (Å²) in [5.74, 6) is 2.21. The number of ether oxygens (including phenoxy) is 3. The molecule has 1 aliphatic rings. The normalized spacial score (nSPS) is 12.3. The van der Waals surface area contributed by atoms with E-state index in [1.165, 1.54) is 6.08 Å². The van der Waals surface area contributed by atoms with Crippen molar-refractivity contribution < 1.29 is 23.8 Å². The minimum Gasteiger partial charge on any atom is -0.497 e. The third-order valence-corrected chi connectivity index (χ3v) is 6.65. The van der Waals surface area contributed by atoms with Crippen molar-refractivity contribution >= 4 is 40.8 Å². The Balaban J connectivity index is 1.53. The highest BCUT2D eigenvalue weighted by atomic mass is 16.5. The van der Waals surface area contributed by atoms with E-state index in [9.17, 15) is 9.59 Å². The number of benzene rings is 3. The van der Waals surface area contributed by atoms with Crippen molar-refractivity contribution in [2.24, 2.45) is 0 Å². The van der Waals surface area contributed by atoms with E-state index < -0.39 is 0 Å². The summed E-state index contributed by atoms with van der Waals surface area (Å²) >= 11 is 0. The summed E-state index contributed by atoms with van der Waals surface area (Å²) in [6.45, 7) is 3.98. The van der Waals surface area contributed by atoms with Gasteiger partial charge in [0.15, 0.2) is 0 Å². The Kier molecular flexibility index (Phi) is 8.19. The molecule has 3 aromatic carbocycles. The predicted molar refractivity (Wildman–Crippen MR) is 161 cm³/mol. The van der Waals surface area contributed by atoms with Gasteiger partial charge < -0.3 is 24.8 Å². The molecule has 0 saturated heterocycles. The number of carbonyl (C=O) groups excluding carboxylic acids is 2. The number of amides is 3. The number of nitrogens with one attached hydrogen (secondary N) is 2. The zero-order chi connectivity index (χ0) is 29.6. The molecule has 2 N–H and O–H groups in total. The van der Waals surface area contributed by atoms with Crippen molar-refractivity contribution in [3.05, 3.63) is 96.7 Å². The van der Waals surface area contributed by atoms with Gasteiger partial charge in [-0.05, 0) is 35.9 Å². The van der Waals surface area contributed by atoms with Crippen LogP contribution in [0.3, 0.4) is 0 Å². The summed E-state index contributed by atoms with van der Waals surface area (Å²) < 4.78 is 16.2. The summed E-state index contributed by atoms with van der Waals surface area (Å²) in [5.41, 5.74) is 3.35. The number of fused-ring (bicyclic) bond motifs is 1. The minimum atomic E-state index is -0.346. The predicted octanol–water partition coefficient (Wildman–Crippen LogP) is 5.52. The molecule has 0 radical (unpaired) electrons. The Labute approximate surface area is 243 Å². The molecular formula is C31H30N6O5. The smallest absolute Gasteiger partial charge is 0.330 e. The van der Waals surface area contributed by atoms with Crippen molar-refractivity contribution in [1.29, 1.82) is 0 Å². The van der Waals surface area contributed by atoms with E-state index in [1.54, 1.807) is 73.7 Å². The zero-order valence-electron chi connectivity index (χ0n) is 23.5. The number of nitrogens with zero attached hydrogens (tertiary/aromatic N) is 4. The molecule has 0 bridgehead atoms. The molecule has 5 rings (SSSR count). The highest BCUT2D eigenvalue weighted by Gasteiger charge is 2.34. The first-order valence-corrected chi connectivity index (χ1v) is 13.0. The molecule has 0 spiro atoms. The highest BCUT2D eigenvalue weighted by molar-refractivity contribution is 6.05. The molecule has 1 aliphatic heterocycles. The Hall–Kier alpha value is -5.58. The van der Waals surface area contributed by atoms with Crippen LogP contribution in [0.4, 0.5) is 33.6 Å². The van der Waals surface area contributed by atoms with E-state index in [1.807, 2.05) is 30.3 Å². The topological polar surface area (TPSA) is 118 Å². The average Bonchev–Trinajstić information content (AvgIpc) is 3.03. The van der Waals surface area contributed by atoms with Gasteiger partial charge in [0.25, 0.3) is 0 Å².